The van der Waals surface area contributed by atoms with Gasteiger partial charge in [-0.25, -0.2) is 0 Å². The fraction of sp³-hybridized carbons (Fsp3) is 0.222. The number of nitriles is 1. The third kappa shape index (κ3) is 3.95. The fourth-order valence-corrected chi connectivity index (χ4v) is 3.89. The van der Waals surface area contributed by atoms with E-state index in [1.54, 1.807) is 0 Å². The quantitative estimate of drug-likeness (QED) is 0.659. The van der Waals surface area contributed by atoms with Crippen LogP contribution >= 0.6 is 23.1 Å². The number of anilines is 1. The highest BCUT2D eigenvalue weighted by Crippen LogP contribution is 2.32. The highest BCUT2D eigenvalue weighted by atomic mass is 32.2. The molecule has 2 heterocycles. The van der Waals surface area contributed by atoms with Crippen molar-refractivity contribution in [2.24, 2.45) is 0 Å². The first kappa shape index (κ1) is 18.2. The molecule has 26 heavy (non-hydrogen) atoms. The summed E-state index contributed by atoms with van der Waals surface area (Å²) in [5.41, 5.74) is 3.37. The molecule has 0 spiro atoms. The van der Waals surface area contributed by atoms with E-state index in [0.717, 1.165) is 33.3 Å². The Morgan fingerprint density at radius 3 is 2.88 bits per heavy atom. The van der Waals surface area contributed by atoms with Crippen molar-refractivity contribution in [3.8, 4) is 17.5 Å². The molecule has 0 atom stereocenters. The van der Waals surface area contributed by atoms with Gasteiger partial charge in [0.1, 0.15) is 11.1 Å². The van der Waals surface area contributed by atoms with Gasteiger partial charge in [0.05, 0.1) is 11.3 Å². The van der Waals surface area contributed by atoms with Gasteiger partial charge < -0.3 is 9.73 Å². The highest BCUT2D eigenvalue weighted by Gasteiger charge is 2.16. The number of nitrogens with one attached hydrogen (secondary N) is 1. The molecule has 0 aliphatic carbocycles. The first-order valence-electron chi connectivity index (χ1n) is 7.81. The number of thioether (sulfide) groups is 1. The van der Waals surface area contributed by atoms with E-state index < -0.39 is 0 Å². The molecule has 0 unspecified atom stereocenters. The Labute approximate surface area is 159 Å². The van der Waals surface area contributed by atoms with Crippen LogP contribution < -0.4 is 5.32 Å². The van der Waals surface area contributed by atoms with Crippen LogP contribution in [0.5, 0.6) is 0 Å². The highest BCUT2D eigenvalue weighted by molar-refractivity contribution is 7.99. The van der Waals surface area contributed by atoms with Crippen molar-refractivity contribution in [1.82, 2.24) is 10.2 Å². The topological polar surface area (TPSA) is 91.8 Å². The van der Waals surface area contributed by atoms with Gasteiger partial charge in [0.15, 0.2) is 0 Å². The molecule has 3 rings (SSSR count). The SMILES string of the molecule is Cc1cccc(-c2nnc(SCC(=O)Nc3sc(C)c(C)c3C#N)o2)c1. The summed E-state index contributed by atoms with van der Waals surface area (Å²) in [5.74, 6) is 0.326. The summed E-state index contributed by atoms with van der Waals surface area (Å²) in [5, 5.41) is 20.9. The van der Waals surface area contributed by atoms with Crippen molar-refractivity contribution in [1.29, 1.82) is 5.26 Å². The minimum Gasteiger partial charge on any atom is -0.411 e. The van der Waals surface area contributed by atoms with Crippen LogP contribution in [0.2, 0.25) is 0 Å². The zero-order chi connectivity index (χ0) is 18.7. The molecule has 1 amide bonds. The molecule has 0 radical (unpaired) electrons. The van der Waals surface area contributed by atoms with E-state index in [-0.39, 0.29) is 11.7 Å². The van der Waals surface area contributed by atoms with Gasteiger partial charge in [-0.3, -0.25) is 4.79 Å². The van der Waals surface area contributed by atoms with Gasteiger partial charge in [0.25, 0.3) is 5.22 Å². The summed E-state index contributed by atoms with van der Waals surface area (Å²) in [6, 6.07) is 9.90. The number of amides is 1. The number of hydrogen-bond donors (Lipinski definition) is 1. The lowest BCUT2D eigenvalue weighted by atomic mass is 10.1. The first-order valence-corrected chi connectivity index (χ1v) is 9.61. The molecule has 1 aromatic carbocycles. The Kier molecular flexibility index (Phi) is 5.40. The third-order valence-corrected chi connectivity index (χ3v) is 5.69. The molecule has 132 valence electrons. The first-order chi connectivity index (χ1) is 12.5. The van der Waals surface area contributed by atoms with E-state index in [9.17, 15) is 10.1 Å². The Morgan fingerprint density at radius 2 is 2.15 bits per heavy atom. The van der Waals surface area contributed by atoms with Crippen LogP contribution in [0.1, 0.15) is 21.6 Å². The molecule has 0 fully saturated rings. The number of nitrogens with zero attached hydrogens (tertiary/aromatic N) is 3. The maximum Gasteiger partial charge on any atom is 0.277 e. The van der Waals surface area contributed by atoms with E-state index in [2.05, 4.69) is 21.6 Å². The molecule has 1 N–H and O–H groups in total. The monoisotopic (exact) mass is 384 g/mol. The fourth-order valence-electron chi connectivity index (χ4n) is 2.30. The molecule has 3 aromatic rings. The van der Waals surface area contributed by atoms with Gasteiger partial charge in [0.2, 0.25) is 11.8 Å². The van der Waals surface area contributed by atoms with E-state index in [0.29, 0.717) is 21.7 Å². The molecular formula is C18H16N4O2S2. The standard InChI is InChI=1S/C18H16N4O2S2/c1-10-5-4-6-13(7-10)16-21-22-18(24-16)25-9-15(23)20-17-14(8-19)11(2)12(3)26-17/h4-7H,9H2,1-3H3,(H,20,23). The van der Waals surface area contributed by atoms with E-state index in [1.807, 2.05) is 45.0 Å². The molecule has 0 saturated carbocycles. The number of carbonyl (C=O) groups is 1. The third-order valence-electron chi connectivity index (χ3n) is 3.75. The maximum absolute atomic E-state index is 12.2. The summed E-state index contributed by atoms with van der Waals surface area (Å²) in [6.45, 7) is 5.79. The Morgan fingerprint density at radius 1 is 1.35 bits per heavy atom. The summed E-state index contributed by atoms with van der Waals surface area (Å²) in [7, 11) is 0. The van der Waals surface area contributed by atoms with Crippen molar-refractivity contribution >= 4 is 34.0 Å². The van der Waals surface area contributed by atoms with E-state index >= 15 is 0 Å². The number of carbonyl (C=O) groups excluding carboxylic acids is 1. The molecule has 6 nitrogen and oxygen atoms in total. The van der Waals surface area contributed by atoms with Crippen LogP contribution in [0.4, 0.5) is 5.00 Å². The normalized spacial score (nSPS) is 10.5. The van der Waals surface area contributed by atoms with E-state index in [4.69, 9.17) is 4.42 Å². The largest absolute Gasteiger partial charge is 0.411 e. The van der Waals surface area contributed by atoms with Crippen LogP contribution in [0.15, 0.2) is 33.9 Å². The summed E-state index contributed by atoms with van der Waals surface area (Å²) in [4.78, 5) is 13.2. The lowest BCUT2D eigenvalue weighted by molar-refractivity contribution is -0.113. The zero-order valence-corrected chi connectivity index (χ0v) is 16.1. The molecule has 0 bridgehead atoms. The average molecular weight is 384 g/mol. The number of benzene rings is 1. The minimum absolute atomic E-state index is 0.121. The Hall–Kier alpha value is -2.63. The number of thiophene rings is 1. The van der Waals surface area contributed by atoms with Crippen molar-refractivity contribution in [2.75, 3.05) is 11.1 Å². The lowest BCUT2D eigenvalue weighted by Gasteiger charge is -2.01. The van der Waals surface area contributed by atoms with Gasteiger partial charge in [-0.15, -0.1) is 21.5 Å². The lowest BCUT2D eigenvalue weighted by Crippen LogP contribution is -2.13. The zero-order valence-electron chi connectivity index (χ0n) is 14.5. The summed E-state index contributed by atoms with van der Waals surface area (Å²) < 4.78 is 5.60. The predicted molar refractivity (Wildman–Crippen MR) is 102 cm³/mol. The van der Waals surface area contributed by atoms with Gasteiger partial charge in [-0.05, 0) is 38.5 Å². The molecule has 2 aromatic heterocycles. The second-order valence-electron chi connectivity index (χ2n) is 5.68. The number of aryl methyl sites for hydroxylation is 2. The molecule has 8 heteroatoms. The van der Waals surface area contributed by atoms with Gasteiger partial charge in [-0.2, -0.15) is 5.26 Å². The van der Waals surface area contributed by atoms with Crippen LogP contribution in [0.3, 0.4) is 0 Å². The molecule has 0 aliphatic rings. The second kappa shape index (κ2) is 7.72. The second-order valence-corrected chi connectivity index (χ2v) is 7.83. The predicted octanol–water partition coefficient (Wildman–Crippen LogP) is 4.33. The minimum atomic E-state index is -0.219. The smallest absolute Gasteiger partial charge is 0.277 e. The molecule has 0 aliphatic heterocycles. The van der Waals surface area contributed by atoms with Crippen LogP contribution in [-0.4, -0.2) is 21.9 Å². The average Bonchev–Trinajstić information content (AvgIpc) is 3.18. The maximum atomic E-state index is 12.2. The number of rotatable bonds is 5. The number of hydrogen-bond acceptors (Lipinski definition) is 7. The summed E-state index contributed by atoms with van der Waals surface area (Å²) >= 11 is 2.56. The van der Waals surface area contributed by atoms with Crippen molar-refractivity contribution in [3.05, 3.63) is 45.8 Å². The Bertz CT molecular complexity index is 1000. The summed E-state index contributed by atoms with van der Waals surface area (Å²) in [6.07, 6.45) is 0. The van der Waals surface area contributed by atoms with Crippen LogP contribution in [0, 0.1) is 32.1 Å². The molecule has 0 saturated heterocycles. The van der Waals surface area contributed by atoms with Crippen LogP contribution in [0.25, 0.3) is 11.5 Å². The van der Waals surface area contributed by atoms with Crippen LogP contribution in [-0.2, 0) is 4.79 Å². The van der Waals surface area contributed by atoms with Crippen molar-refractivity contribution in [2.45, 2.75) is 26.0 Å². The van der Waals surface area contributed by atoms with Crippen molar-refractivity contribution in [3.63, 3.8) is 0 Å². The van der Waals surface area contributed by atoms with E-state index in [1.165, 1.54) is 11.3 Å². The van der Waals surface area contributed by atoms with Gasteiger partial charge in [-0.1, -0.05) is 29.5 Å². The molecular weight excluding hydrogens is 368 g/mol. The van der Waals surface area contributed by atoms with Gasteiger partial charge in [0, 0.05) is 10.4 Å². The Balaban J connectivity index is 1.62. The number of aromatic nitrogens is 2. The van der Waals surface area contributed by atoms with Gasteiger partial charge >= 0.3 is 0 Å². The van der Waals surface area contributed by atoms with Crippen molar-refractivity contribution < 1.29 is 9.21 Å².